The Kier molecular flexibility index (Phi) is 7.83. The molecule has 41 heavy (non-hydrogen) atoms. The normalized spacial score (nSPS) is 15.1. The number of methoxy groups -OCH3 is 1. The van der Waals surface area contributed by atoms with Crippen molar-refractivity contribution in [3.05, 3.63) is 107 Å². The van der Waals surface area contributed by atoms with Crippen LogP contribution in [0.25, 0.3) is 17.4 Å². The first-order valence-electron chi connectivity index (χ1n) is 12.6. The number of furan rings is 1. The summed E-state index contributed by atoms with van der Waals surface area (Å²) < 4.78 is 19.7. The third kappa shape index (κ3) is 5.55. The zero-order chi connectivity index (χ0) is 29.4. The summed E-state index contributed by atoms with van der Waals surface area (Å²) in [4.78, 5) is 43.5. The maximum absolute atomic E-state index is 13.9. The van der Waals surface area contributed by atoms with Gasteiger partial charge in [-0.3, -0.25) is 9.36 Å². The maximum Gasteiger partial charge on any atom is 0.338 e. The first-order chi connectivity index (χ1) is 19.6. The molecule has 2 aromatic heterocycles. The number of ether oxygens (including phenoxy) is 2. The Bertz CT molecular complexity index is 1880. The number of hydrogen-bond donors (Lipinski definition) is 1. The molecule has 11 heteroatoms. The van der Waals surface area contributed by atoms with Crippen LogP contribution in [0.2, 0.25) is 0 Å². The fourth-order valence-electron chi connectivity index (χ4n) is 4.57. The molecule has 0 radical (unpaired) electrons. The van der Waals surface area contributed by atoms with Crippen LogP contribution in [0.1, 0.15) is 48.5 Å². The van der Waals surface area contributed by atoms with E-state index in [2.05, 4.69) is 20.9 Å². The lowest BCUT2D eigenvalue weighted by Crippen LogP contribution is -2.40. The van der Waals surface area contributed by atoms with Gasteiger partial charge in [0.15, 0.2) is 4.80 Å². The van der Waals surface area contributed by atoms with E-state index >= 15 is 0 Å². The molecule has 0 aliphatic carbocycles. The van der Waals surface area contributed by atoms with E-state index in [4.69, 9.17) is 19.0 Å². The molecular weight excluding hydrogens is 612 g/mol. The van der Waals surface area contributed by atoms with Crippen molar-refractivity contribution in [1.82, 2.24) is 4.57 Å². The number of rotatable bonds is 7. The van der Waals surface area contributed by atoms with Crippen LogP contribution in [-0.2, 0) is 9.53 Å². The van der Waals surface area contributed by atoms with Gasteiger partial charge in [-0.2, -0.15) is 0 Å². The Balaban J connectivity index is 1.64. The molecule has 0 bridgehead atoms. The SMILES string of the molecule is COc1ccc(Br)cc1[C@@H]1C(C(=O)OC(C)C)=C(C)N=c2s/c(=C\c3ccc(-c4ccc(C(=O)O)cc4)o3)c(=O)n21. The largest absolute Gasteiger partial charge is 0.496 e. The Hall–Kier alpha value is -4.22. The quantitative estimate of drug-likeness (QED) is 0.286. The molecule has 4 aromatic rings. The lowest BCUT2D eigenvalue weighted by atomic mass is 9.95. The number of carboxylic acid groups (broad SMARTS) is 1. The van der Waals surface area contributed by atoms with Gasteiger partial charge in [-0.25, -0.2) is 14.6 Å². The van der Waals surface area contributed by atoms with Crippen molar-refractivity contribution >= 4 is 45.3 Å². The van der Waals surface area contributed by atoms with Crippen LogP contribution in [0, 0.1) is 0 Å². The first-order valence-corrected chi connectivity index (χ1v) is 14.2. The molecule has 0 amide bonds. The average Bonchev–Trinajstić information content (AvgIpc) is 3.51. The minimum atomic E-state index is -1.01. The minimum absolute atomic E-state index is 0.171. The highest BCUT2D eigenvalue weighted by molar-refractivity contribution is 9.10. The molecule has 0 saturated carbocycles. The van der Waals surface area contributed by atoms with E-state index in [1.54, 1.807) is 57.2 Å². The minimum Gasteiger partial charge on any atom is -0.496 e. The predicted molar refractivity (Wildman–Crippen MR) is 157 cm³/mol. The fourth-order valence-corrected chi connectivity index (χ4v) is 5.97. The fraction of sp³-hybridized carbons (Fsp3) is 0.200. The Morgan fingerprint density at radius 1 is 1.15 bits per heavy atom. The standard InChI is InChI=1S/C30H25BrN2O7S/c1-15(2)39-29(37)25-16(3)32-30-33(26(25)21-13-19(31)9-11-23(21)38-4)27(34)24(41-30)14-20-10-12-22(40-20)17-5-7-18(8-6-17)28(35)36/h5-15,26H,1-4H3,(H,35,36)/b24-14-/t26-/m1/s1. The number of aromatic nitrogens is 1. The summed E-state index contributed by atoms with van der Waals surface area (Å²) in [5, 5.41) is 9.14. The van der Waals surface area contributed by atoms with Gasteiger partial charge in [0.25, 0.3) is 5.56 Å². The first kappa shape index (κ1) is 28.3. The van der Waals surface area contributed by atoms with E-state index in [0.29, 0.717) is 43.4 Å². The smallest absolute Gasteiger partial charge is 0.338 e. The van der Waals surface area contributed by atoms with Gasteiger partial charge in [0.1, 0.15) is 23.3 Å². The summed E-state index contributed by atoms with van der Waals surface area (Å²) in [5.74, 6) is -0.123. The second-order valence-electron chi connectivity index (χ2n) is 9.51. The van der Waals surface area contributed by atoms with E-state index in [-0.39, 0.29) is 22.8 Å². The molecule has 210 valence electrons. The summed E-state index contributed by atoms with van der Waals surface area (Å²) in [6, 6.07) is 14.3. The lowest BCUT2D eigenvalue weighted by molar-refractivity contribution is -0.143. The van der Waals surface area contributed by atoms with E-state index in [1.165, 1.54) is 35.1 Å². The second-order valence-corrected chi connectivity index (χ2v) is 11.4. The molecule has 3 heterocycles. The maximum atomic E-state index is 13.9. The van der Waals surface area contributed by atoms with Crippen molar-refractivity contribution in [3.63, 3.8) is 0 Å². The number of fused-ring (bicyclic) bond motifs is 1. The molecule has 2 aromatic carbocycles. The molecule has 5 rings (SSSR count). The highest BCUT2D eigenvalue weighted by atomic mass is 79.9. The predicted octanol–water partition coefficient (Wildman–Crippen LogP) is 4.92. The highest BCUT2D eigenvalue weighted by Crippen LogP contribution is 2.37. The zero-order valence-corrected chi connectivity index (χ0v) is 24.9. The highest BCUT2D eigenvalue weighted by Gasteiger charge is 2.35. The topological polar surface area (TPSA) is 120 Å². The summed E-state index contributed by atoms with van der Waals surface area (Å²) in [6.07, 6.45) is 1.25. The van der Waals surface area contributed by atoms with E-state index in [9.17, 15) is 14.4 Å². The van der Waals surface area contributed by atoms with Gasteiger partial charge >= 0.3 is 11.9 Å². The number of aromatic carboxylic acids is 1. The monoisotopic (exact) mass is 636 g/mol. The number of carbonyl (C=O) groups is 2. The third-order valence-corrected chi connectivity index (χ3v) is 7.86. The van der Waals surface area contributed by atoms with Crippen LogP contribution >= 0.6 is 27.3 Å². The second kappa shape index (κ2) is 11.3. The van der Waals surface area contributed by atoms with E-state index < -0.39 is 18.0 Å². The van der Waals surface area contributed by atoms with E-state index in [0.717, 1.165) is 4.47 Å². The van der Waals surface area contributed by atoms with Gasteiger partial charge in [0, 0.05) is 21.7 Å². The number of thiazole rings is 1. The number of allylic oxidation sites excluding steroid dienone is 1. The van der Waals surface area contributed by atoms with Crippen molar-refractivity contribution in [2.24, 2.45) is 4.99 Å². The molecule has 1 aliphatic rings. The molecule has 1 N–H and O–H groups in total. The number of nitrogens with zero attached hydrogens (tertiary/aromatic N) is 2. The number of benzene rings is 2. The van der Waals surface area contributed by atoms with E-state index in [1.807, 2.05) is 12.1 Å². The summed E-state index contributed by atoms with van der Waals surface area (Å²) >= 11 is 4.68. The van der Waals surface area contributed by atoms with Crippen molar-refractivity contribution in [2.45, 2.75) is 32.9 Å². The van der Waals surface area contributed by atoms with Gasteiger partial charge in [0.05, 0.1) is 34.6 Å². The number of halogens is 1. The van der Waals surface area contributed by atoms with Gasteiger partial charge in [-0.15, -0.1) is 0 Å². The van der Waals surface area contributed by atoms with Crippen LogP contribution in [0.4, 0.5) is 0 Å². The molecule has 0 spiro atoms. The number of esters is 1. The molecule has 0 unspecified atom stereocenters. The van der Waals surface area contributed by atoms with Crippen molar-refractivity contribution in [1.29, 1.82) is 0 Å². The molecule has 9 nitrogen and oxygen atoms in total. The van der Waals surface area contributed by atoms with Gasteiger partial charge in [0.2, 0.25) is 0 Å². The van der Waals surface area contributed by atoms with Crippen LogP contribution < -0.4 is 19.6 Å². The molecule has 0 fully saturated rings. The van der Waals surface area contributed by atoms with Crippen molar-refractivity contribution in [2.75, 3.05) is 7.11 Å². The van der Waals surface area contributed by atoms with Crippen LogP contribution in [0.5, 0.6) is 5.75 Å². The molecule has 1 aliphatic heterocycles. The van der Waals surface area contributed by atoms with Gasteiger partial charge in [-0.05, 0) is 63.2 Å². The number of carboxylic acids is 1. The van der Waals surface area contributed by atoms with Gasteiger partial charge in [-0.1, -0.05) is 39.4 Å². The Morgan fingerprint density at radius 2 is 1.88 bits per heavy atom. The molecule has 0 saturated heterocycles. The summed E-state index contributed by atoms with van der Waals surface area (Å²) in [7, 11) is 1.53. The molecule has 1 atom stereocenters. The van der Waals surface area contributed by atoms with Crippen LogP contribution in [0.3, 0.4) is 0 Å². The summed E-state index contributed by atoms with van der Waals surface area (Å²) in [5.41, 5.74) is 1.81. The number of hydrogen-bond acceptors (Lipinski definition) is 8. The van der Waals surface area contributed by atoms with Crippen LogP contribution in [-0.4, -0.2) is 34.8 Å². The average molecular weight is 638 g/mol. The zero-order valence-electron chi connectivity index (χ0n) is 22.5. The van der Waals surface area contributed by atoms with Gasteiger partial charge < -0.3 is 19.0 Å². The third-order valence-electron chi connectivity index (χ3n) is 6.39. The lowest BCUT2D eigenvalue weighted by Gasteiger charge is -2.26. The summed E-state index contributed by atoms with van der Waals surface area (Å²) in [6.45, 7) is 5.24. The Labute approximate surface area is 246 Å². The van der Waals surface area contributed by atoms with Crippen molar-refractivity contribution < 1.29 is 28.6 Å². The van der Waals surface area contributed by atoms with Crippen LogP contribution in [0.15, 0.2) is 84.5 Å². The van der Waals surface area contributed by atoms with Crippen molar-refractivity contribution in [3.8, 4) is 17.1 Å². The molecular formula is C30H25BrN2O7S. The Morgan fingerprint density at radius 3 is 2.54 bits per heavy atom. The number of carbonyl (C=O) groups excluding carboxylic acids is 1.